The van der Waals surface area contributed by atoms with Crippen LogP contribution in [-0.4, -0.2) is 12.6 Å². The van der Waals surface area contributed by atoms with Crippen LogP contribution in [0.5, 0.6) is 0 Å². The summed E-state index contributed by atoms with van der Waals surface area (Å²) in [5.41, 5.74) is 6.95. The maximum absolute atomic E-state index is 13.3. The summed E-state index contributed by atoms with van der Waals surface area (Å²) in [5, 5.41) is 0. The van der Waals surface area contributed by atoms with Gasteiger partial charge in [0.2, 0.25) is 5.91 Å². The number of hydrogen-bond donors (Lipinski definition) is 1. The second kappa shape index (κ2) is 5.06. The number of carbonyl (C=O) groups is 1. The quantitative estimate of drug-likeness (QED) is 0.892. The van der Waals surface area contributed by atoms with Crippen LogP contribution >= 0.6 is 0 Å². The first-order valence-corrected chi connectivity index (χ1v) is 8.93. The molecule has 2 nitrogen and oxygen atoms in total. The van der Waals surface area contributed by atoms with Gasteiger partial charge in [-0.2, -0.15) is 0 Å². The van der Waals surface area contributed by atoms with Crippen LogP contribution < -0.4 is 5.73 Å². The Kier molecular flexibility index (Phi) is 3.33. The molecular weight excluding hydrogens is 289 g/mol. The number of fused-ring (bicyclic) bond motifs is 1. The van der Waals surface area contributed by atoms with Crippen molar-refractivity contribution in [2.45, 2.75) is 56.8 Å². The minimum Gasteiger partial charge on any atom is -0.369 e. The van der Waals surface area contributed by atoms with Crippen molar-refractivity contribution in [3.05, 3.63) is 35.9 Å². The van der Waals surface area contributed by atoms with E-state index in [0.717, 1.165) is 44.9 Å². The molecule has 124 valence electrons. The molecule has 4 saturated carbocycles. The number of benzene rings is 1. The molecule has 0 aliphatic heterocycles. The molecule has 1 amide bonds. The van der Waals surface area contributed by atoms with E-state index in [1.165, 1.54) is 5.56 Å². The van der Waals surface area contributed by atoms with E-state index in [1.54, 1.807) is 0 Å². The molecule has 2 N–H and O–H groups in total. The Morgan fingerprint density at radius 2 is 1.91 bits per heavy atom. The van der Waals surface area contributed by atoms with Crippen LogP contribution in [0.2, 0.25) is 0 Å². The molecule has 4 bridgehead atoms. The number of amides is 1. The van der Waals surface area contributed by atoms with Gasteiger partial charge in [-0.25, -0.2) is 0 Å². The summed E-state index contributed by atoms with van der Waals surface area (Å²) >= 11 is 0. The zero-order valence-corrected chi connectivity index (χ0v) is 13.7. The Bertz CT molecular complexity index is 617. The minimum absolute atomic E-state index is 0.0170. The van der Waals surface area contributed by atoms with Gasteiger partial charge >= 0.3 is 0 Å². The summed E-state index contributed by atoms with van der Waals surface area (Å²) in [6.45, 7) is -0.249. The average Bonchev–Trinajstić information content (AvgIpc) is 2.70. The largest absolute Gasteiger partial charge is 0.369 e. The first-order valence-electron chi connectivity index (χ1n) is 8.93. The van der Waals surface area contributed by atoms with Crippen LogP contribution in [-0.2, 0) is 10.2 Å². The smallest absolute Gasteiger partial charge is 0.223 e. The molecule has 4 atom stereocenters. The van der Waals surface area contributed by atoms with Crippen molar-refractivity contribution in [3.63, 3.8) is 0 Å². The van der Waals surface area contributed by atoms with E-state index in [0.29, 0.717) is 12.3 Å². The maximum atomic E-state index is 13.3. The van der Waals surface area contributed by atoms with Crippen molar-refractivity contribution in [2.24, 2.45) is 22.5 Å². The second-order valence-corrected chi connectivity index (χ2v) is 8.56. The van der Waals surface area contributed by atoms with Crippen LogP contribution in [0, 0.1) is 16.7 Å². The van der Waals surface area contributed by atoms with Crippen LogP contribution in [0.3, 0.4) is 0 Å². The normalized spacial score (nSPS) is 41.7. The Morgan fingerprint density at radius 3 is 2.61 bits per heavy atom. The van der Waals surface area contributed by atoms with E-state index in [9.17, 15) is 9.18 Å². The Hall–Kier alpha value is -1.38. The molecule has 2 unspecified atom stereocenters. The molecule has 3 heteroatoms. The standard InChI is InChI=1S/C20H26FNO/c21-9-8-18-6-7-19(17(22)23)11-15(10-18)12-20(13-18,14-19)16-4-2-1-3-5-16/h1-5,15H,6-14H2,(H2,22,23)/t15?,18-,19?,20+/m0/s1. The van der Waals surface area contributed by atoms with Crippen LogP contribution in [0.4, 0.5) is 4.39 Å². The van der Waals surface area contributed by atoms with Gasteiger partial charge in [-0.3, -0.25) is 9.18 Å². The lowest BCUT2D eigenvalue weighted by Crippen LogP contribution is -2.51. The van der Waals surface area contributed by atoms with E-state index in [4.69, 9.17) is 5.73 Å². The molecule has 0 radical (unpaired) electrons. The third-order valence-corrected chi connectivity index (χ3v) is 7.14. The van der Waals surface area contributed by atoms with E-state index in [-0.39, 0.29) is 28.8 Å². The summed E-state index contributed by atoms with van der Waals surface area (Å²) in [4.78, 5) is 12.4. The van der Waals surface area contributed by atoms with E-state index < -0.39 is 0 Å². The first kappa shape index (κ1) is 15.2. The molecule has 1 aromatic carbocycles. The number of nitrogens with two attached hydrogens (primary N) is 1. The predicted molar refractivity (Wildman–Crippen MR) is 88.6 cm³/mol. The van der Waals surface area contributed by atoms with Gasteiger partial charge in [-0.05, 0) is 73.7 Å². The highest BCUT2D eigenvalue weighted by atomic mass is 19.1. The summed E-state index contributed by atoms with van der Waals surface area (Å²) in [7, 11) is 0. The van der Waals surface area contributed by atoms with Gasteiger partial charge < -0.3 is 5.73 Å². The third-order valence-electron chi connectivity index (χ3n) is 7.14. The Labute approximate surface area is 137 Å². The van der Waals surface area contributed by atoms with Crippen LogP contribution in [0.1, 0.15) is 56.9 Å². The van der Waals surface area contributed by atoms with Crippen molar-refractivity contribution in [3.8, 4) is 0 Å². The number of carbonyl (C=O) groups excluding carboxylic acids is 1. The number of rotatable bonds is 4. The van der Waals surface area contributed by atoms with Gasteiger partial charge in [0.05, 0.1) is 12.1 Å². The highest BCUT2D eigenvalue weighted by molar-refractivity contribution is 5.81. The molecule has 23 heavy (non-hydrogen) atoms. The summed E-state index contributed by atoms with van der Waals surface area (Å²) in [5.74, 6) is 0.389. The van der Waals surface area contributed by atoms with E-state index in [2.05, 4.69) is 24.3 Å². The molecule has 1 aromatic rings. The van der Waals surface area contributed by atoms with E-state index in [1.807, 2.05) is 6.07 Å². The lowest BCUT2D eigenvalue weighted by Gasteiger charge is -2.55. The summed E-state index contributed by atoms with van der Waals surface area (Å²) in [6, 6.07) is 10.6. The van der Waals surface area contributed by atoms with Gasteiger partial charge in [0.1, 0.15) is 0 Å². The van der Waals surface area contributed by atoms with Gasteiger partial charge in [0.25, 0.3) is 0 Å². The van der Waals surface area contributed by atoms with Gasteiger partial charge in [-0.15, -0.1) is 0 Å². The molecule has 4 aliphatic rings. The van der Waals surface area contributed by atoms with Crippen molar-refractivity contribution < 1.29 is 9.18 Å². The fraction of sp³-hybridized carbons (Fsp3) is 0.650. The SMILES string of the molecule is NC(=O)C12CC[C@]3(CCF)CC(C1)C[C@](c1ccccc1)(C2)C3. The summed E-state index contributed by atoms with van der Waals surface area (Å²) < 4.78 is 13.3. The number of primary amides is 1. The fourth-order valence-corrected chi connectivity index (χ4v) is 6.48. The third kappa shape index (κ3) is 2.23. The molecule has 0 saturated heterocycles. The number of halogens is 1. The van der Waals surface area contributed by atoms with Gasteiger partial charge in [0.15, 0.2) is 0 Å². The molecule has 0 aromatic heterocycles. The maximum Gasteiger partial charge on any atom is 0.223 e. The van der Waals surface area contributed by atoms with Crippen molar-refractivity contribution in [2.75, 3.05) is 6.67 Å². The monoisotopic (exact) mass is 315 g/mol. The Balaban J connectivity index is 1.84. The highest BCUT2D eigenvalue weighted by Crippen LogP contribution is 2.67. The van der Waals surface area contributed by atoms with Crippen LogP contribution in [0.25, 0.3) is 0 Å². The predicted octanol–water partition coefficient (Wildman–Crippen LogP) is 4.13. The van der Waals surface area contributed by atoms with Gasteiger partial charge in [-0.1, -0.05) is 30.3 Å². The molecule has 0 spiro atoms. The summed E-state index contributed by atoms with van der Waals surface area (Å²) in [6.07, 6.45) is 7.50. The number of hydrogen-bond acceptors (Lipinski definition) is 1. The highest BCUT2D eigenvalue weighted by Gasteiger charge is 2.61. The topological polar surface area (TPSA) is 43.1 Å². The first-order chi connectivity index (χ1) is 11.0. The zero-order chi connectivity index (χ0) is 16.1. The van der Waals surface area contributed by atoms with Crippen LogP contribution in [0.15, 0.2) is 30.3 Å². The zero-order valence-electron chi connectivity index (χ0n) is 13.7. The molecule has 5 rings (SSSR count). The fourth-order valence-electron chi connectivity index (χ4n) is 6.48. The van der Waals surface area contributed by atoms with Crippen molar-refractivity contribution in [1.82, 2.24) is 0 Å². The molecule has 0 heterocycles. The van der Waals surface area contributed by atoms with Crippen molar-refractivity contribution >= 4 is 5.91 Å². The lowest BCUT2D eigenvalue weighted by molar-refractivity contribution is -0.133. The van der Waals surface area contributed by atoms with E-state index >= 15 is 0 Å². The lowest BCUT2D eigenvalue weighted by atomic mass is 9.49. The molecule has 4 fully saturated rings. The molecule has 4 aliphatic carbocycles. The Morgan fingerprint density at radius 1 is 1.13 bits per heavy atom. The van der Waals surface area contributed by atoms with Gasteiger partial charge in [0, 0.05) is 0 Å². The number of alkyl halides is 1. The van der Waals surface area contributed by atoms with Crippen molar-refractivity contribution in [1.29, 1.82) is 0 Å². The average molecular weight is 315 g/mol. The second-order valence-electron chi connectivity index (χ2n) is 8.56. The minimum atomic E-state index is -0.368. The molecular formula is C20H26FNO.